The van der Waals surface area contributed by atoms with Crippen LogP contribution in [0, 0.1) is 0 Å². The molecule has 5 N–H and O–H groups in total. The van der Waals surface area contributed by atoms with Gasteiger partial charge in [-0.15, -0.1) is 0 Å². The van der Waals surface area contributed by atoms with Crippen LogP contribution in [0.4, 0.5) is 0 Å². The monoisotopic (exact) mass is 351 g/mol. The number of rotatable bonds is 14. The number of ether oxygens (including phenoxy) is 2. The van der Waals surface area contributed by atoms with Crippen LogP contribution in [0.2, 0.25) is 0 Å². The highest BCUT2D eigenvalue weighted by molar-refractivity contribution is 5.84. The van der Waals surface area contributed by atoms with Gasteiger partial charge in [-0.1, -0.05) is 6.92 Å². The normalized spacial score (nSPS) is 16.2. The van der Waals surface area contributed by atoms with Crippen molar-refractivity contribution in [1.82, 2.24) is 5.32 Å². The molecule has 24 heavy (non-hydrogen) atoms. The van der Waals surface area contributed by atoms with Crippen LogP contribution >= 0.6 is 0 Å². The molecular formula is C15H29NO8. The van der Waals surface area contributed by atoms with Gasteiger partial charge in [-0.25, -0.2) is 0 Å². The van der Waals surface area contributed by atoms with Crippen molar-refractivity contribution in [2.75, 3.05) is 33.5 Å². The third kappa shape index (κ3) is 8.67. The van der Waals surface area contributed by atoms with Gasteiger partial charge in [0.25, 0.3) is 5.91 Å². The SMILES string of the molecule is CCCOCCNC(=O)[C@@H](O)[C@H](O)[C@H](O)[C@@H](O)C(=O)CCCOC. The van der Waals surface area contributed by atoms with E-state index < -0.39 is 36.1 Å². The van der Waals surface area contributed by atoms with E-state index >= 15 is 0 Å². The summed E-state index contributed by atoms with van der Waals surface area (Å²) in [6.45, 7) is 3.14. The molecule has 0 aliphatic heterocycles. The highest BCUT2D eigenvalue weighted by Crippen LogP contribution is 2.09. The second-order valence-corrected chi connectivity index (χ2v) is 5.34. The number of Topliss-reactive ketones (excluding diaryl/α,β-unsaturated/α-hetero) is 1. The van der Waals surface area contributed by atoms with E-state index in [1.165, 1.54) is 7.11 Å². The Hall–Kier alpha value is -1.10. The van der Waals surface area contributed by atoms with E-state index in [1.807, 2.05) is 6.92 Å². The van der Waals surface area contributed by atoms with Gasteiger partial charge >= 0.3 is 0 Å². The summed E-state index contributed by atoms with van der Waals surface area (Å²) >= 11 is 0. The van der Waals surface area contributed by atoms with Gasteiger partial charge in [0.1, 0.15) is 18.3 Å². The van der Waals surface area contributed by atoms with Gasteiger partial charge in [0, 0.05) is 33.3 Å². The van der Waals surface area contributed by atoms with Gasteiger partial charge in [-0.2, -0.15) is 0 Å². The molecule has 0 aromatic rings. The molecule has 9 nitrogen and oxygen atoms in total. The zero-order valence-electron chi connectivity index (χ0n) is 14.2. The summed E-state index contributed by atoms with van der Waals surface area (Å²) in [4.78, 5) is 23.3. The maximum atomic E-state index is 11.7. The summed E-state index contributed by atoms with van der Waals surface area (Å²) < 4.78 is 9.90. The number of methoxy groups -OCH3 is 1. The number of ketones is 1. The molecule has 142 valence electrons. The smallest absolute Gasteiger partial charge is 0.251 e. The predicted octanol–water partition coefficient (Wildman–Crippen LogP) is -2.03. The molecule has 0 aliphatic carbocycles. The minimum atomic E-state index is -2.00. The van der Waals surface area contributed by atoms with E-state index in [0.717, 1.165) is 6.42 Å². The highest BCUT2D eigenvalue weighted by Gasteiger charge is 2.36. The predicted molar refractivity (Wildman–Crippen MR) is 84.3 cm³/mol. The molecule has 0 saturated carbocycles. The summed E-state index contributed by atoms with van der Waals surface area (Å²) in [5.74, 6) is -1.64. The summed E-state index contributed by atoms with van der Waals surface area (Å²) in [5.41, 5.74) is 0. The molecule has 0 bridgehead atoms. The average Bonchev–Trinajstić information content (AvgIpc) is 2.58. The maximum absolute atomic E-state index is 11.7. The first-order valence-electron chi connectivity index (χ1n) is 7.96. The van der Waals surface area contributed by atoms with Crippen molar-refractivity contribution in [3.63, 3.8) is 0 Å². The van der Waals surface area contributed by atoms with E-state index in [9.17, 15) is 30.0 Å². The van der Waals surface area contributed by atoms with Crippen LogP contribution in [-0.4, -0.2) is 90.0 Å². The Morgan fingerprint density at radius 3 is 2.21 bits per heavy atom. The van der Waals surface area contributed by atoms with E-state index in [1.54, 1.807) is 0 Å². The van der Waals surface area contributed by atoms with Crippen LogP contribution < -0.4 is 5.32 Å². The number of amides is 1. The zero-order valence-corrected chi connectivity index (χ0v) is 14.2. The van der Waals surface area contributed by atoms with E-state index in [2.05, 4.69) is 5.32 Å². The number of aliphatic hydroxyl groups is 4. The van der Waals surface area contributed by atoms with E-state index in [4.69, 9.17) is 9.47 Å². The second-order valence-electron chi connectivity index (χ2n) is 5.34. The number of hydrogen-bond acceptors (Lipinski definition) is 8. The number of aliphatic hydroxyl groups excluding tert-OH is 4. The second kappa shape index (κ2) is 13.2. The lowest BCUT2D eigenvalue weighted by molar-refractivity contribution is -0.154. The standard InChI is InChI=1S/C15H29NO8/c1-3-7-24-9-6-16-15(22)14(21)13(20)12(19)11(18)10(17)5-4-8-23-2/h11-14,18-21H,3-9H2,1-2H3,(H,16,22)/t11-,12+,13+,14-/m0/s1. The summed E-state index contributed by atoms with van der Waals surface area (Å²) in [7, 11) is 1.46. The number of carbonyl (C=O) groups excluding carboxylic acids is 2. The Morgan fingerprint density at radius 1 is 1.00 bits per heavy atom. The molecule has 0 unspecified atom stereocenters. The first kappa shape index (κ1) is 22.9. The van der Waals surface area contributed by atoms with Gasteiger partial charge in [-0.05, 0) is 12.8 Å². The Kier molecular flexibility index (Phi) is 12.6. The van der Waals surface area contributed by atoms with Crippen LogP contribution in [0.15, 0.2) is 0 Å². The van der Waals surface area contributed by atoms with Crippen LogP contribution in [0.5, 0.6) is 0 Å². The topological polar surface area (TPSA) is 146 Å². The Morgan fingerprint density at radius 2 is 1.62 bits per heavy atom. The molecule has 0 spiro atoms. The fourth-order valence-corrected chi connectivity index (χ4v) is 1.86. The lowest BCUT2D eigenvalue weighted by Gasteiger charge is -2.25. The van der Waals surface area contributed by atoms with Gasteiger partial charge < -0.3 is 35.2 Å². The number of nitrogens with one attached hydrogen (secondary N) is 1. The molecule has 0 rings (SSSR count). The van der Waals surface area contributed by atoms with Crippen LogP contribution in [0.1, 0.15) is 26.2 Å². The van der Waals surface area contributed by atoms with E-state index in [0.29, 0.717) is 19.6 Å². The molecule has 0 aromatic heterocycles. The third-order valence-electron chi connectivity index (χ3n) is 3.26. The molecule has 0 aliphatic rings. The minimum absolute atomic E-state index is 0.0597. The maximum Gasteiger partial charge on any atom is 0.251 e. The average molecular weight is 351 g/mol. The largest absolute Gasteiger partial charge is 0.387 e. The summed E-state index contributed by atoms with van der Waals surface area (Å²) in [6.07, 6.45) is -6.73. The fourth-order valence-electron chi connectivity index (χ4n) is 1.86. The number of carbonyl (C=O) groups is 2. The quantitative estimate of drug-likeness (QED) is 0.225. The van der Waals surface area contributed by atoms with Crippen molar-refractivity contribution in [3.05, 3.63) is 0 Å². The minimum Gasteiger partial charge on any atom is -0.387 e. The van der Waals surface area contributed by atoms with Crippen molar-refractivity contribution >= 4 is 11.7 Å². The molecule has 4 atom stereocenters. The zero-order chi connectivity index (χ0) is 18.5. The lowest BCUT2D eigenvalue weighted by Crippen LogP contribution is -2.52. The van der Waals surface area contributed by atoms with Gasteiger partial charge in [0.05, 0.1) is 6.61 Å². The molecule has 9 heteroatoms. The van der Waals surface area contributed by atoms with Crippen molar-refractivity contribution in [2.24, 2.45) is 0 Å². The Labute approximate surface area is 141 Å². The van der Waals surface area contributed by atoms with Crippen molar-refractivity contribution < 1.29 is 39.5 Å². The highest BCUT2D eigenvalue weighted by atomic mass is 16.5. The van der Waals surface area contributed by atoms with Gasteiger partial charge in [0.2, 0.25) is 0 Å². The fraction of sp³-hybridized carbons (Fsp3) is 0.867. The van der Waals surface area contributed by atoms with Gasteiger partial charge in [-0.3, -0.25) is 9.59 Å². The van der Waals surface area contributed by atoms with Crippen molar-refractivity contribution in [2.45, 2.75) is 50.6 Å². The molecule has 0 fully saturated rings. The van der Waals surface area contributed by atoms with Gasteiger partial charge in [0.15, 0.2) is 11.9 Å². The van der Waals surface area contributed by atoms with Crippen LogP contribution in [0.3, 0.4) is 0 Å². The third-order valence-corrected chi connectivity index (χ3v) is 3.26. The first-order chi connectivity index (χ1) is 11.4. The van der Waals surface area contributed by atoms with Crippen LogP contribution in [-0.2, 0) is 19.1 Å². The molecular weight excluding hydrogens is 322 g/mol. The number of hydrogen-bond donors (Lipinski definition) is 5. The molecule has 1 amide bonds. The molecule has 0 saturated heterocycles. The van der Waals surface area contributed by atoms with Crippen molar-refractivity contribution in [3.8, 4) is 0 Å². The lowest BCUT2D eigenvalue weighted by atomic mass is 9.97. The molecule has 0 heterocycles. The Bertz CT molecular complexity index is 365. The van der Waals surface area contributed by atoms with E-state index in [-0.39, 0.29) is 19.6 Å². The first-order valence-corrected chi connectivity index (χ1v) is 7.96. The van der Waals surface area contributed by atoms with Crippen molar-refractivity contribution in [1.29, 1.82) is 0 Å². The molecule has 0 radical (unpaired) electrons. The van der Waals surface area contributed by atoms with Crippen LogP contribution in [0.25, 0.3) is 0 Å². The summed E-state index contributed by atoms with van der Waals surface area (Å²) in [6, 6.07) is 0. The summed E-state index contributed by atoms with van der Waals surface area (Å²) in [5, 5.41) is 41.2. The Balaban J connectivity index is 4.29. The molecule has 0 aromatic carbocycles.